The van der Waals surface area contributed by atoms with Crippen molar-refractivity contribution in [2.45, 2.75) is 21.5 Å². The van der Waals surface area contributed by atoms with E-state index < -0.39 is 43.3 Å². The van der Waals surface area contributed by atoms with E-state index in [0.717, 1.165) is 24.3 Å². The van der Waals surface area contributed by atoms with Gasteiger partial charge < -0.3 is 0 Å². The van der Waals surface area contributed by atoms with E-state index in [1.807, 2.05) is 0 Å². The van der Waals surface area contributed by atoms with Crippen molar-refractivity contribution in [1.29, 1.82) is 0 Å². The number of alkyl halides is 4. The van der Waals surface area contributed by atoms with Gasteiger partial charge in [0.15, 0.2) is 0 Å². The number of thioether (sulfide) groups is 1. The number of hydrogen-bond acceptors (Lipinski definition) is 4. The summed E-state index contributed by atoms with van der Waals surface area (Å²) in [6, 6.07) is 2.58. The van der Waals surface area contributed by atoms with Crippen LogP contribution in [0, 0.1) is 0 Å². The number of hydrogen-bond donors (Lipinski definition) is 0. The van der Waals surface area contributed by atoms with Gasteiger partial charge in [0.1, 0.15) is 4.90 Å². The maximum atomic E-state index is 13.0. The largest absolute Gasteiger partial charge is 0.357 e. The summed E-state index contributed by atoms with van der Waals surface area (Å²) in [5.41, 5.74) is 0. The molecule has 0 radical (unpaired) electrons. The molecule has 0 amide bonds. The number of rotatable bonds is 5. The third-order valence-corrected chi connectivity index (χ3v) is 4.44. The Bertz CT molecular complexity index is 659. The van der Waals surface area contributed by atoms with Crippen LogP contribution in [0.15, 0.2) is 32.4 Å². The topological polar surface area (TPSA) is 63.6 Å². The molecule has 0 aliphatic carbocycles. The van der Waals surface area contributed by atoms with Crippen molar-refractivity contribution in [3.05, 3.63) is 23.2 Å². The highest BCUT2D eigenvalue weighted by Gasteiger charge is 2.43. The third-order valence-electron chi connectivity index (χ3n) is 1.84. The van der Waals surface area contributed by atoms with E-state index in [2.05, 4.69) is 4.40 Å². The highest BCUT2D eigenvalue weighted by Crippen LogP contribution is 2.43. The van der Waals surface area contributed by atoms with Gasteiger partial charge in [-0.2, -0.15) is 17.2 Å². The van der Waals surface area contributed by atoms with Gasteiger partial charge in [-0.15, -0.1) is 0 Å². The van der Waals surface area contributed by atoms with Gasteiger partial charge in [-0.25, -0.2) is 13.6 Å². The maximum absolute atomic E-state index is 13.0. The van der Waals surface area contributed by atoms with Crippen LogP contribution in [-0.2, 0) is 14.8 Å². The predicted octanol–water partition coefficient (Wildman–Crippen LogP) is 3.31. The molecule has 0 aromatic heterocycles. The zero-order chi connectivity index (χ0) is 15.6. The van der Waals surface area contributed by atoms with Crippen LogP contribution in [0.2, 0.25) is 5.02 Å². The molecule has 0 unspecified atom stereocenters. The second kappa shape index (κ2) is 6.13. The summed E-state index contributed by atoms with van der Waals surface area (Å²) in [5.74, 6) is 0. The standard InChI is InChI=1S/C9H4ClF4NO3S2/c10-5-1-2-6(19-9(13,14)8(11)12)7(3-5)20(17,18)15-4-16/h1-3,8H. The molecule has 1 aromatic carbocycles. The average molecular weight is 350 g/mol. The Morgan fingerprint density at radius 1 is 1.35 bits per heavy atom. The van der Waals surface area contributed by atoms with Gasteiger partial charge in [0.05, 0.1) is 0 Å². The van der Waals surface area contributed by atoms with E-state index in [-0.39, 0.29) is 5.02 Å². The summed E-state index contributed by atoms with van der Waals surface area (Å²) in [5, 5.41) is -4.67. The molecule has 20 heavy (non-hydrogen) atoms. The minimum absolute atomic E-state index is 0.158. The molecular weight excluding hydrogens is 346 g/mol. The van der Waals surface area contributed by atoms with E-state index in [0.29, 0.717) is 0 Å². The third kappa shape index (κ3) is 3.95. The lowest BCUT2D eigenvalue weighted by molar-refractivity contribution is -0.0564. The Kier molecular flexibility index (Phi) is 5.20. The molecule has 0 aliphatic heterocycles. The van der Waals surface area contributed by atoms with Gasteiger partial charge in [-0.3, -0.25) is 0 Å². The second-order valence-electron chi connectivity index (χ2n) is 3.21. The van der Waals surface area contributed by atoms with Crippen LogP contribution in [0.25, 0.3) is 0 Å². The molecule has 0 atom stereocenters. The van der Waals surface area contributed by atoms with Crippen molar-refractivity contribution in [3.8, 4) is 0 Å². The van der Waals surface area contributed by atoms with Crippen molar-refractivity contribution in [1.82, 2.24) is 0 Å². The molecule has 1 rings (SSSR count). The normalized spacial score (nSPS) is 12.3. The van der Waals surface area contributed by atoms with Crippen molar-refractivity contribution in [2.75, 3.05) is 0 Å². The fourth-order valence-electron chi connectivity index (χ4n) is 1.06. The van der Waals surface area contributed by atoms with Gasteiger partial charge >= 0.3 is 11.7 Å². The molecule has 0 heterocycles. The molecule has 0 bridgehead atoms. The molecule has 11 heteroatoms. The fourth-order valence-corrected chi connectivity index (χ4v) is 3.21. The lowest BCUT2D eigenvalue weighted by Crippen LogP contribution is -2.21. The molecule has 0 saturated heterocycles. The minimum atomic E-state index is -4.64. The molecule has 4 nitrogen and oxygen atoms in total. The van der Waals surface area contributed by atoms with Gasteiger partial charge in [-0.1, -0.05) is 16.0 Å². The Hall–Kier alpha value is -1.09. The molecular formula is C9H4ClF4NO3S2. The SMILES string of the molecule is O=C=NS(=O)(=O)c1cc(Cl)ccc1SC(F)(F)C(F)F. The monoisotopic (exact) mass is 349 g/mol. The van der Waals surface area contributed by atoms with E-state index in [4.69, 9.17) is 11.6 Å². The number of sulfonamides is 1. The van der Waals surface area contributed by atoms with Gasteiger partial charge in [0.25, 0.3) is 16.1 Å². The number of isocyanates is 1. The summed E-state index contributed by atoms with van der Waals surface area (Å²) in [4.78, 5) is 8.42. The Morgan fingerprint density at radius 2 is 1.95 bits per heavy atom. The van der Waals surface area contributed by atoms with Gasteiger partial charge in [0.2, 0.25) is 0 Å². The van der Waals surface area contributed by atoms with Crippen molar-refractivity contribution >= 4 is 39.5 Å². The van der Waals surface area contributed by atoms with Crippen LogP contribution in [-0.4, -0.2) is 26.2 Å². The van der Waals surface area contributed by atoms with Crippen molar-refractivity contribution in [2.24, 2.45) is 4.40 Å². The quantitative estimate of drug-likeness (QED) is 0.354. The summed E-state index contributed by atoms with van der Waals surface area (Å²) in [7, 11) is -4.64. The number of nitrogens with zero attached hydrogens (tertiary/aromatic N) is 1. The predicted molar refractivity (Wildman–Crippen MR) is 63.6 cm³/mol. The van der Waals surface area contributed by atoms with E-state index in [1.54, 1.807) is 0 Å². The van der Waals surface area contributed by atoms with Crippen LogP contribution < -0.4 is 0 Å². The first-order chi connectivity index (χ1) is 9.10. The van der Waals surface area contributed by atoms with Crippen molar-refractivity contribution in [3.63, 3.8) is 0 Å². The number of carbonyl (C=O) groups excluding carboxylic acids is 1. The smallest absolute Gasteiger partial charge is 0.210 e. The molecule has 0 fully saturated rings. The fraction of sp³-hybridized carbons (Fsp3) is 0.222. The Balaban J connectivity index is 3.40. The van der Waals surface area contributed by atoms with Crippen LogP contribution in [0.5, 0.6) is 0 Å². The van der Waals surface area contributed by atoms with E-state index in [9.17, 15) is 30.8 Å². The lowest BCUT2D eigenvalue weighted by atomic mass is 10.4. The first-order valence-corrected chi connectivity index (χ1v) is 7.22. The molecule has 1 aromatic rings. The van der Waals surface area contributed by atoms with Crippen molar-refractivity contribution < 1.29 is 30.8 Å². The molecule has 0 aliphatic rings. The molecule has 0 spiro atoms. The molecule has 0 N–H and O–H groups in total. The first kappa shape index (κ1) is 17.0. The Labute approximate surface area is 119 Å². The number of benzene rings is 1. The van der Waals surface area contributed by atoms with Crippen LogP contribution in [0.3, 0.4) is 0 Å². The second-order valence-corrected chi connectivity index (χ2v) is 6.41. The first-order valence-electron chi connectivity index (χ1n) is 4.59. The highest BCUT2D eigenvalue weighted by molar-refractivity contribution is 8.01. The van der Waals surface area contributed by atoms with Gasteiger partial charge in [-0.05, 0) is 30.0 Å². The molecule has 0 saturated carbocycles. The van der Waals surface area contributed by atoms with Crippen LogP contribution in [0.1, 0.15) is 0 Å². The number of halogens is 5. The zero-order valence-electron chi connectivity index (χ0n) is 9.19. The maximum Gasteiger partial charge on any atom is 0.357 e. The summed E-state index contributed by atoms with van der Waals surface area (Å²) in [6.07, 6.45) is -3.27. The van der Waals surface area contributed by atoms with Crippen LogP contribution >= 0.6 is 23.4 Å². The Morgan fingerprint density at radius 3 is 2.45 bits per heavy atom. The summed E-state index contributed by atoms with van der Waals surface area (Å²) >= 11 is 4.84. The zero-order valence-corrected chi connectivity index (χ0v) is 11.6. The van der Waals surface area contributed by atoms with E-state index in [1.165, 1.54) is 0 Å². The molecule has 110 valence electrons. The summed E-state index contributed by atoms with van der Waals surface area (Å²) in [6.45, 7) is 0. The van der Waals surface area contributed by atoms with Gasteiger partial charge in [0, 0.05) is 9.92 Å². The lowest BCUT2D eigenvalue weighted by Gasteiger charge is -2.15. The highest BCUT2D eigenvalue weighted by atomic mass is 35.5. The summed E-state index contributed by atoms with van der Waals surface area (Å²) < 4.78 is 75.7. The minimum Gasteiger partial charge on any atom is -0.210 e. The average Bonchev–Trinajstić information content (AvgIpc) is 2.30. The van der Waals surface area contributed by atoms with Crippen LogP contribution in [0.4, 0.5) is 17.6 Å². The van der Waals surface area contributed by atoms with E-state index >= 15 is 0 Å².